The van der Waals surface area contributed by atoms with E-state index in [2.05, 4.69) is 25.0 Å². The first-order chi connectivity index (χ1) is 6.15. The highest BCUT2D eigenvalue weighted by atomic mass is 32.1. The molecule has 1 aromatic rings. The second-order valence-electron chi connectivity index (χ2n) is 3.26. The highest BCUT2D eigenvalue weighted by Crippen LogP contribution is 2.11. The van der Waals surface area contributed by atoms with E-state index in [0.29, 0.717) is 18.9 Å². The third kappa shape index (κ3) is 2.43. The molecule has 0 aromatic carbocycles. The quantitative estimate of drug-likeness (QED) is 0.753. The summed E-state index contributed by atoms with van der Waals surface area (Å²) in [5.74, 6) is 0.449. The fraction of sp³-hybridized carbons (Fsp3) is 0.556. The lowest BCUT2D eigenvalue weighted by molar-refractivity contribution is 0.603. The van der Waals surface area contributed by atoms with Gasteiger partial charge in [-0.2, -0.15) is 5.26 Å². The van der Waals surface area contributed by atoms with Crippen molar-refractivity contribution in [1.29, 1.82) is 5.26 Å². The van der Waals surface area contributed by atoms with Crippen molar-refractivity contribution in [2.24, 2.45) is 0 Å². The van der Waals surface area contributed by atoms with Gasteiger partial charge in [0.2, 0.25) is 0 Å². The third-order valence-corrected chi connectivity index (χ3v) is 2.22. The van der Waals surface area contributed by atoms with E-state index in [0.717, 1.165) is 10.3 Å². The second kappa shape index (κ2) is 4.24. The van der Waals surface area contributed by atoms with Crippen molar-refractivity contribution in [1.82, 2.24) is 9.78 Å². The van der Waals surface area contributed by atoms with Gasteiger partial charge in [0.1, 0.15) is 4.64 Å². The van der Waals surface area contributed by atoms with Crippen LogP contribution in [0.3, 0.4) is 0 Å². The number of nitriles is 1. The third-order valence-electron chi connectivity index (χ3n) is 1.88. The molecule has 1 aromatic heterocycles. The zero-order valence-electron chi connectivity index (χ0n) is 7.87. The van der Waals surface area contributed by atoms with E-state index in [4.69, 9.17) is 17.5 Å². The molecule has 0 spiro atoms. The summed E-state index contributed by atoms with van der Waals surface area (Å²) >= 11 is 5.13. The van der Waals surface area contributed by atoms with Crippen LogP contribution in [-0.2, 0) is 6.54 Å². The molecular formula is C9H13N3S. The molecule has 70 valence electrons. The summed E-state index contributed by atoms with van der Waals surface area (Å²) < 4.78 is 2.62. The molecule has 1 heterocycles. The highest BCUT2D eigenvalue weighted by molar-refractivity contribution is 7.71. The minimum Gasteiger partial charge on any atom is -0.301 e. The van der Waals surface area contributed by atoms with Gasteiger partial charge in [-0.25, -0.2) is 0 Å². The number of aromatic amines is 1. The Balaban J connectivity index is 2.85. The lowest BCUT2D eigenvalue weighted by Crippen LogP contribution is -2.00. The SMILES string of the molecule is CC(C)c1cc(=S)n(CCC#N)[nH]1. The van der Waals surface area contributed by atoms with E-state index >= 15 is 0 Å². The highest BCUT2D eigenvalue weighted by Gasteiger charge is 2.03. The number of H-pyrrole nitrogens is 1. The van der Waals surface area contributed by atoms with Gasteiger partial charge < -0.3 is 5.10 Å². The Hall–Kier alpha value is -1.08. The molecule has 0 amide bonds. The van der Waals surface area contributed by atoms with Gasteiger partial charge in [-0.05, 0) is 12.0 Å². The summed E-state index contributed by atoms with van der Waals surface area (Å²) in [6, 6.07) is 4.05. The fourth-order valence-corrected chi connectivity index (χ4v) is 1.34. The maximum Gasteiger partial charge on any atom is 0.122 e. The van der Waals surface area contributed by atoms with Crippen LogP contribution in [-0.4, -0.2) is 9.78 Å². The monoisotopic (exact) mass is 195 g/mol. The molecule has 0 unspecified atom stereocenters. The molecule has 0 saturated carbocycles. The number of rotatable bonds is 3. The van der Waals surface area contributed by atoms with Gasteiger partial charge in [-0.1, -0.05) is 26.1 Å². The van der Waals surface area contributed by atoms with E-state index in [-0.39, 0.29) is 0 Å². The molecule has 0 saturated heterocycles. The van der Waals surface area contributed by atoms with Crippen LogP contribution in [0.1, 0.15) is 31.9 Å². The lowest BCUT2D eigenvalue weighted by atomic mass is 10.1. The van der Waals surface area contributed by atoms with Crippen molar-refractivity contribution in [3.63, 3.8) is 0 Å². The summed E-state index contributed by atoms with van der Waals surface area (Å²) in [6.07, 6.45) is 0.492. The molecule has 0 radical (unpaired) electrons. The van der Waals surface area contributed by atoms with Crippen LogP contribution in [0.25, 0.3) is 0 Å². The number of aromatic nitrogens is 2. The van der Waals surface area contributed by atoms with Crippen LogP contribution in [0.4, 0.5) is 0 Å². The molecule has 0 aliphatic rings. The van der Waals surface area contributed by atoms with Gasteiger partial charge in [0.25, 0.3) is 0 Å². The molecule has 0 aliphatic carbocycles. The maximum absolute atomic E-state index is 8.42. The number of hydrogen-bond acceptors (Lipinski definition) is 2. The fourth-order valence-electron chi connectivity index (χ4n) is 1.08. The van der Waals surface area contributed by atoms with E-state index in [9.17, 15) is 0 Å². The minimum absolute atomic E-state index is 0.449. The molecular weight excluding hydrogens is 182 g/mol. The normalized spacial score (nSPS) is 10.3. The molecule has 1 N–H and O–H groups in total. The maximum atomic E-state index is 8.42. The number of aryl methyl sites for hydroxylation is 1. The van der Waals surface area contributed by atoms with Gasteiger partial charge in [-0.3, -0.25) is 4.68 Å². The van der Waals surface area contributed by atoms with Crippen molar-refractivity contribution in [2.75, 3.05) is 0 Å². The summed E-state index contributed by atoms with van der Waals surface area (Å²) in [6.45, 7) is 4.87. The Kier molecular flexibility index (Phi) is 3.26. The predicted molar refractivity (Wildman–Crippen MR) is 53.9 cm³/mol. The van der Waals surface area contributed by atoms with Crippen LogP contribution < -0.4 is 0 Å². The van der Waals surface area contributed by atoms with Crippen molar-refractivity contribution in [3.8, 4) is 6.07 Å². The smallest absolute Gasteiger partial charge is 0.122 e. The van der Waals surface area contributed by atoms with Crippen LogP contribution >= 0.6 is 12.2 Å². The number of hydrogen-bond donors (Lipinski definition) is 1. The summed E-state index contributed by atoms with van der Waals surface area (Å²) in [5, 5.41) is 11.6. The van der Waals surface area contributed by atoms with Crippen molar-refractivity contribution in [3.05, 3.63) is 16.4 Å². The molecule has 4 heteroatoms. The Labute approximate surface area is 83.0 Å². The van der Waals surface area contributed by atoms with Crippen molar-refractivity contribution < 1.29 is 0 Å². The first-order valence-electron chi connectivity index (χ1n) is 4.32. The first-order valence-corrected chi connectivity index (χ1v) is 4.72. The molecule has 0 atom stereocenters. The molecule has 13 heavy (non-hydrogen) atoms. The van der Waals surface area contributed by atoms with Gasteiger partial charge >= 0.3 is 0 Å². The lowest BCUT2D eigenvalue weighted by Gasteiger charge is -2.01. The van der Waals surface area contributed by atoms with Crippen LogP contribution in [0.15, 0.2) is 6.07 Å². The molecule has 0 bridgehead atoms. The zero-order chi connectivity index (χ0) is 9.84. The summed E-state index contributed by atoms with van der Waals surface area (Å²) in [7, 11) is 0. The van der Waals surface area contributed by atoms with Crippen molar-refractivity contribution >= 4 is 12.2 Å². The zero-order valence-corrected chi connectivity index (χ0v) is 8.69. The van der Waals surface area contributed by atoms with Crippen LogP contribution in [0.2, 0.25) is 0 Å². The minimum atomic E-state index is 0.449. The first kappa shape index (κ1) is 10.0. The van der Waals surface area contributed by atoms with Gasteiger partial charge in [0.05, 0.1) is 19.0 Å². The van der Waals surface area contributed by atoms with Crippen LogP contribution in [0, 0.1) is 16.0 Å². The Morgan fingerprint density at radius 2 is 2.38 bits per heavy atom. The van der Waals surface area contributed by atoms with Crippen LogP contribution in [0.5, 0.6) is 0 Å². The number of nitrogens with zero attached hydrogens (tertiary/aromatic N) is 2. The Morgan fingerprint density at radius 1 is 1.69 bits per heavy atom. The average Bonchev–Trinajstić information content (AvgIpc) is 2.44. The summed E-state index contributed by atoms with van der Waals surface area (Å²) in [4.78, 5) is 0. The van der Waals surface area contributed by atoms with Gasteiger partial charge in [-0.15, -0.1) is 0 Å². The molecule has 0 fully saturated rings. The Morgan fingerprint density at radius 3 is 2.85 bits per heavy atom. The van der Waals surface area contributed by atoms with Gasteiger partial charge in [0.15, 0.2) is 0 Å². The van der Waals surface area contributed by atoms with E-state index in [1.165, 1.54) is 0 Å². The number of nitrogens with one attached hydrogen (secondary N) is 1. The van der Waals surface area contributed by atoms with E-state index in [1.807, 2.05) is 10.7 Å². The standard InChI is InChI=1S/C9H13N3S/c1-7(2)8-6-9(13)12(11-8)5-3-4-10/h6-7,11H,3,5H2,1-2H3. The second-order valence-corrected chi connectivity index (χ2v) is 3.68. The summed E-state index contributed by atoms with van der Waals surface area (Å²) in [5.41, 5.74) is 1.13. The molecule has 1 rings (SSSR count). The Bertz CT molecular complexity index is 367. The van der Waals surface area contributed by atoms with E-state index in [1.54, 1.807) is 0 Å². The van der Waals surface area contributed by atoms with E-state index < -0.39 is 0 Å². The average molecular weight is 195 g/mol. The molecule has 3 nitrogen and oxygen atoms in total. The predicted octanol–water partition coefficient (Wildman–Crippen LogP) is 2.58. The molecule has 0 aliphatic heterocycles. The van der Waals surface area contributed by atoms with Crippen molar-refractivity contribution in [2.45, 2.75) is 32.7 Å². The topological polar surface area (TPSA) is 44.5 Å². The van der Waals surface area contributed by atoms with Gasteiger partial charge in [0, 0.05) is 5.69 Å². The largest absolute Gasteiger partial charge is 0.301 e.